The van der Waals surface area contributed by atoms with Gasteiger partial charge in [-0.2, -0.15) is 0 Å². The molecule has 26 heavy (non-hydrogen) atoms. The van der Waals surface area contributed by atoms with Gasteiger partial charge in [-0.05, 0) is 62.7 Å². The third-order valence-corrected chi connectivity index (χ3v) is 4.98. The topological polar surface area (TPSA) is 41.6 Å². The molecule has 138 valence electrons. The van der Waals surface area contributed by atoms with Crippen molar-refractivity contribution < 1.29 is 9.53 Å². The monoisotopic (exact) mass is 372 g/mol. The van der Waals surface area contributed by atoms with E-state index < -0.39 is 6.10 Å². The number of halogens is 1. The maximum absolute atomic E-state index is 12.5. The highest BCUT2D eigenvalue weighted by atomic mass is 35.5. The number of benzene rings is 2. The minimum atomic E-state index is -0.564. The number of carbonyl (C=O) groups is 1. The average molecular weight is 373 g/mol. The van der Waals surface area contributed by atoms with Gasteiger partial charge in [-0.3, -0.25) is 9.69 Å². The number of likely N-dealkylation sites (tertiary alicyclic amines) is 1. The molecule has 1 amide bonds. The Bertz CT molecular complexity index is 700. The maximum Gasteiger partial charge on any atom is 0.260 e. The highest BCUT2D eigenvalue weighted by molar-refractivity contribution is 6.30. The molecule has 2 unspecified atom stereocenters. The molecule has 0 aliphatic carbocycles. The summed E-state index contributed by atoms with van der Waals surface area (Å²) in [6.45, 7) is 4.49. The fourth-order valence-electron chi connectivity index (χ4n) is 3.30. The highest BCUT2D eigenvalue weighted by Crippen LogP contribution is 2.24. The van der Waals surface area contributed by atoms with Gasteiger partial charge in [0.25, 0.3) is 5.91 Å². The second-order valence-corrected chi connectivity index (χ2v) is 7.07. The number of carbonyl (C=O) groups excluding carboxylic acids is 1. The van der Waals surface area contributed by atoms with Gasteiger partial charge in [0, 0.05) is 11.6 Å². The van der Waals surface area contributed by atoms with Crippen molar-refractivity contribution in [3.63, 3.8) is 0 Å². The van der Waals surface area contributed by atoms with Gasteiger partial charge in [-0.15, -0.1) is 0 Å². The first kappa shape index (κ1) is 18.7. The summed E-state index contributed by atoms with van der Waals surface area (Å²) in [5, 5.41) is 3.70. The van der Waals surface area contributed by atoms with E-state index >= 15 is 0 Å². The molecule has 4 nitrogen and oxygen atoms in total. The SMILES string of the molecule is CC(Oc1ccc(Cl)cc1)C(=O)NCC(c1ccccc1)N1CCCC1. The molecule has 1 aliphatic rings. The minimum absolute atomic E-state index is 0.111. The molecule has 0 aromatic heterocycles. The van der Waals surface area contributed by atoms with Gasteiger partial charge in [0.2, 0.25) is 0 Å². The number of nitrogens with one attached hydrogen (secondary N) is 1. The Balaban J connectivity index is 1.59. The summed E-state index contributed by atoms with van der Waals surface area (Å²) in [6.07, 6.45) is 1.87. The first-order valence-corrected chi connectivity index (χ1v) is 9.50. The second-order valence-electron chi connectivity index (χ2n) is 6.63. The van der Waals surface area contributed by atoms with E-state index in [1.165, 1.54) is 18.4 Å². The van der Waals surface area contributed by atoms with E-state index in [1.807, 2.05) is 18.2 Å². The van der Waals surface area contributed by atoms with E-state index in [-0.39, 0.29) is 11.9 Å². The number of hydrogen-bond acceptors (Lipinski definition) is 3. The Morgan fingerprint density at radius 2 is 1.77 bits per heavy atom. The molecule has 2 aromatic rings. The van der Waals surface area contributed by atoms with Crippen LogP contribution in [0.4, 0.5) is 0 Å². The molecule has 0 bridgehead atoms. The van der Waals surface area contributed by atoms with Crippen molar-refractivity contribution in [3.05, 3.63) is 65.2 Å². The molecular weight excluding hydrogens is 348 g/mol. The fraction of sp³-hybridized carbons (Fsp3) is 0.381. The molecule has 1 saturated heterocycles. The minimum Gasteiger partial charge on any atom is -0.481 e. The van der Waals surface area contributed by atoms with Crippen molar-refractivity contribution in [3.8, 4) is 5.75 Å². The molecule has 1 fully saturated rings. The van der Waals surface area contributed by atoms with Gasteiger partial charge >= 0.3 is 0 Å². The van der Waals surface area contributed by atoms with Crippen molar-refractivity contribution >= 4 is 17.5 Å². The summed E-state index contributed by atoms with van der Waals surface area (Å²) in [5.41, 5.74) is 1.24. The standard InChI is InChI=1S/C21H25ClN2O2/c1-16(26-19-11-9-18(22)10-12-19)21(25)23-15-20(24-13-5-6-14-24)17-7-3-2-4-8-17/h2-4,7-12,16,20H,5-6,13-15H2,1H3,(H,23,25). The highest BCUT2D eigenvalue weighted by Gasteiger charge is 2.25. The van der Waals surface area contributed by atoms with Crippen LogP contribution in [0.3, 0.4) is 0 Å². The first-order chi connectivity index (χ1) is 12.6. The molecule has 3 rings (SSSR count). The number of amides is 1. The fourth-order valence-corrected chi connectivity index (χ4v) is 3.42. The summed E-state index contributed by atoms with van der Waals surface area (Å²) in [6, 6.07) is 17.6. The van der Waals surface area contributed by atoms with Gasteiger partial charge in [-0.25, -0.2) is 0 Å². The van der Waals surface area contributed by atoms with Gasteiger partial charge in [-0.1, -0.05) is 41.9 Å². The van der Waals surface area contributed by atoms with E-state index in [0.717, 1.165) is 13.1 Å². The molecular formula is C21H25ClN2O2. The van der Waals surface area contributed by atoms with Crippen LogP contribution in [0.15, 0.2) is 54.6 Å². The molecule has 1 N–H and O–H groups in total. The van der Waals surface area contributed by atoms with Crippen molar-refractivity contribution in [1.29, 1.82) is 0 Å². The van der Waals surface area contributed by atoms with Crippen LogP contribution in [0.5, 0.6) is 5.75 Å². The number of ether oxygens (including phenoxy) is 1. The quantitative estimate of drug-likeness (QED) is 0.796. The van der Waals surface area contributed by atoms with Crippen LogP contribution in [-0.2, 0) is 4.79 Å². The Labute approximate surface area is 160 Å². The van der Waals surface area contributed by atoms with Crippen LogP contribution in [0.25, 0.3) is 0 Å². The summed E-state index contributed by atoms with van der Waals surface area (Å²) < 4.78 is 5.71. The Kier molecular flexibility index (Phi) is 6.53. The molecule has 1 aliphatic heterocycles. The van der Waals surface area contributed by atoms with Crippen molar-refractivity contribution in [2.24, 2.45) is 0 Å². The van der Waals surface area contributed by atoms with E-state index in [2.05, 4.69) is 22.3 Å². The lowest BCUT2D eigenvalue weighted by atomic mass is 10.1. The lowest BCUT2D eigenvalue weighted by Gasteiger charge is -2.28. The third kappa shape index (κ3) is 4.99. The summed E-state index contributed by atoms with van der Waals surface area (Å²) >= 11 is 5.88. The first-order valence-electron chi connectivity index (χ1n) is 9.12. The van der Waals surface area contributed by atoms with E-state index in [0.29, 0.717) is 17.3 Å². The van der Waals surface area contributed by atoms with Crippen molar-refractivity contribution in [2.45, 2.75) is 31.9 Å². The number of rotatable bonds is 7. The van der Waals surface area contributed by atoms with Crippen molar-refractivity contribution in [2.75, 3.05) is 19.6 Å². The smallest absolute Gasteiger partial charge is 0.260 e. The molecule has 1 heterocycles. The normalized spacial score (nSPS) is 16.8. The van der Waals surface area contributed by atoms with Gasteiger partial charge in [0.15, 0.2) is 6.10 Å². The molecule has 0 spiro atoms. The van der Waals surface area contributed by atoms with Crippen LogP contribution in [0.2, 0.25) is 5.02 Å². The van der Waals surface area contributed by atoms with Crippen LogP contribution >= 0.6 is 11.6 Å². The van der Waals surface area contributed by atoms with Crippen LogP contribution in [0, 0.1) is 0 Å². The van der Waals surface area contributed by atoms with Gasteiger partial charge < -0.3 is 10.1 Å². The molecule has 0 saturated carbocycles. The van der Waals surface area contributed by atoms with Crippen LogP contribution in [-0.4, -0.2) is 36.5 Å². The Morgan fingerprint density at radius 1 is 1.12 bits per heavy atom. The summed E-state index contributed by atoms with van der Waals surface area (Å²) in [7, 11) is 0. The van der Waals surface area contributed by atoms with E-state index in [9.17, 15) is 4.79 Å². The van der Waals surface area contributed by atoms with Crippen molar-refractivity contribution in [1.82, 2.24) is 10.2 Å². The zero-order valence-corrected chi connectivity index (χ0v) is 15.8. The molecule has 2 atom stereocenters. The predicted molar refractivity (Wildman–Crippen MR) is 105 cm³/mol. The maximum atomic E-state index is 12.5. The Hall–Kier alpha value is -2.04. The largest absolute Gasteiger partial charge is 0.481 e. The molecule has 5 heteroatoms. The second kappa shape index (κ2) is 9.06. The van der Waals surface area contributed by atoms with Crippen LogP contribution < -0.4 is 10.1 Å². The van der Waals surface area contributed by atoms with E-state index in [1.54, 1.807) is 31.2 Å². The summed E-state index contributed by atoms with van der Waals surface area (Å²) in [5.74, 6) is 0.524. The van der Waals surface area contributed by atoms with E-state index in [4.69, 9.17) is 16.3 Å². The number of hydrogen-bond donors (Lipinski definition) is 1. The summed E-state index contributed by atoms with van der Waals surface area (Å²) in [4.78, 5) is 14.9. The molecule has 0 radical (unpaired) electrons. The molecule has 2 aromatic carbocycles. The number of nitrogens with zero attached hydrogens (tertiary/aromatic N) is 1. The zero-order chi connectivity index (χ0) is 18.4. The zero-order valence-electron chi connectivity index (χ0n) is 15.0. The van der Waals surface area contributed by atoms with Crippen LogP contribution in [0.1, 0.15) is 31.4 Å². The lowest BCUT2D eigenvalue weighted by Crippen LogP contribution is -2.42. The lowest BCUT2D eigenvalue weighted by molar-refractivity contribution is -0.127. The van der Waals surface area contributed by atoms with Gasteiger partial charge in [0.1, 0.15) is 5.75 Å². The van der Waals surface area contributed by atoms with Gasteiger partial charge in [0.05, 0.1) is 6.04 Å². The average Bonchev–Trinajstić information content (AvgIpc) is 3.19. The third-order valence-electron chi connectivity index (χ3n) is 4.73. The Morgan fingerprint density at radius 3 is 2.42 bits per heavy atom. The predicted octanol–water partition coefficient (Wildman–Crippen LogP) is 4.06.